The van der Waals surface area contributed by atoms with Gasteiger partial charge in [0.2, 0.25) is 0 Å². The molecular weight excluding hydrogens is 557 g/mol. The molecule has 1 aliphatic carbocycles. The molecule has 34 heavy (non-hydrogen) atoms. The van der Waals surface area contributed by atoms with Gasteiger partial charge in [0.15, 0.2) is 14.1 Å². The van der Waals surface area contributed by atoms with E-state index in [-0.39, 0.29) is 16.4 Å². The van der Waals surface area contributed by atoms with Crippen LogP contribution in [0.1, 0.15) is 58.4 Å². The molecule has 1 aromatic carbocycles. The van der Waals surface area contributed by atoms with Crippen molar-refractivity contribution in [2.75, 3.05) is 33.5 Å². The van der Waals surface area contributed by atoms with E-state index in [1.165, 1.54) is 12.0 Å². The van der Waals surface area contributed by atoms with Crippen molar-refractivity contribution >= 4 is 30.9 Å². The number of rotatable bonds is 7. The second-order valence-electron chi connectivity index (χ2n) is 12.1. The van der Waals surface area contributed by atoms with Crippen LogP contribution in [0.5, 0.6) is 5.75 Å². The minimum absolute atomic E-state index is 0.209. The monoisotopic (exact) mass is 601 g/mol. The fraction of sp³-hybridized carbons (Fsp3) is 0.778. The lowest BCUT2D eigenvalue weighted by atomic mass is 9.76. The second kappa shape index (κ2) is 10.3. The van der Waals surface area contributed by atoms with Crippen molar-refractivity contribution in [2.24, 2.45) is 0 Å². The number of nitrogens with zero attached hydrogens (tertiary/aromatic N) is 1. The molecule has 1 unspecified atom stereocenters. The molecule has 2 saturated heterocycles. The number of ether oxygens (including phenoxy) is 3. The molecule has 0 N–H and O–H groups in total. The number of likely N-dealkylation sites (tertiary alicyclic amines) is 1. The summed E-state index contributed by atoms with van der Waals surface area (Å²) in [7, 11) is -0.114. The number of halogens is 1. The number of methoxy groups -OCH3 is 1. The van der Waals surface area contributed by atoms with Crippen LogP contribution in [0.15, 0.2) is 24.3 Å². The first-order valence-electron chi connectivity index (χ1n) is 12.9. The van der Waals surface area contributed by atoms with Crippen LogP contribution >= 0.6 is 22.6 Å². The van der Waals surface area contributed by atoms with Crippen molar-refractivity contribution in [1.29, 1.82) is 0 Å². The van der Waals surface area contributed by atoms with Gasteiger partial charge in [-0.1, -0.05) is 55.5 Å². The molecule has 1 aromatic rings. The molecule has 3 fully saturated rings. The molecule has 2 spiro atoms. The van der Waals surface area contributed by atoms with Gasteiger partial charge in [-0.3, -0.25) is 4.90 Å². The Bertz CT molecular complexity index is 809. The van der Waals surface area contributed by atoms with Gasteiger partial charge in [0.05, 0.1) is 20.3 Å². The van der Waals surface area contributed by atoms with Crippen LogP contribution in [0.25, 0.3) is 0 Å². The van der Waals surface area contributed by atoms with Crippen LogP contribution < -0.4 is 4.74 Å². The third-order valence-corrected chi connectivity index (χ3v) is 14.2. The van der Waals surface area contributed by atoms with Crippen molar-refractivity contribution in [2.45, 2.75) is 98.7 Å². The predicted octanol–water partition coefficient (Wildman–Crippen LogP) is 6.19. The summed E-state index contributed by atoms with van der Waals surface area (Å²) in [5, 5.41) is 0.209. The summed E-state index contributed by atoms with van der Waals surface area (Å²) in [4.78, 5) is 2.84. The quantitative estimate of drug-likeness (QED) is 0.212. The van der Waals surface area contributed by atoms with Crippen LogP contribution in [-0.4, -0.2) is 68.0 Å². The average Bonchev–Trinajstić information content (AvgIpc) is 3.37. The zero-order valence-electron chi connectivity index (χ0n) is 22.0. The highest BCUT2D eigenvalue weighted by molar-refractivity contribution is 14.1. The second-order valence-corrected chi connectivity index (χ2v) is 18.6. The van der Waals surface area contributed by atoms with Crippen LogP contribution in [0.4, 0.5) is 0 Å². The van der Waals surface area contributed by atoms with E-state index >= 15 is 0 Å². The number of benzene rings is 1. The van der Waals surface area contributed by atoms with Gasteiger partial charge >= 0.3 is 0 Å². The molecule has 0 radical (unpaired) electrons. The third kappa shape index (κ3) is 5.69. The van der Waals surface area contributed by atoms with Gasteiger partial charge in [0.25, 0.3) is 0 Å². The molecule has 0 amide bonds. The van der Waals surface area contributed by atoms with Gasteiger partial charge in [-0.25, -0.2) is 0 Å². The minimum atomic E-state index is -1.84. The van der Waals surface area contributed by atoms with Crippen LogP contribution in [0.2, 0.25) is 18.1 Å². The van der Waals surface area contributed by atoms with Gasteiger partial charge in [-0.05, 0) is 61.5 Å². The van der Waals surface area contributed by atoms with Crippen molar-refractivity contribution in [3.05, 3.63) is 29.8 Å². The lowest BCUT2D eigenvalue weighted by Crippen LogP contribution is -2.57. The summed E-state index contributed by atoms with van der Waals surface area (Å²) in [5.41, 5.74) is 1.58. The molecule has 7 heteroatoms. The summed E-state index contributed by atoms with van der Waals surface area (Å²) in [6, 6.07) is 8.97. The zero-order chi connectivity index (χ0) is 24.6. The lowest BCUT2D eigenvalue weighted by molar-refractivity contribution is -0.194. The Morgan fingerprint density at radius 2 is 1.71 bits per heavy atom. The Morgan fingerprint density at radius 3 is 2.26 bits per heavy atom. The van der Waals surface area contributed by atoms with Crippen molar-refractivity contribution in [1.82, 2.24) is 4.90 Å². The van der Waals surface area contributed by atoms with Gasteiger partial charge in [-0.2, -0.15) is 0 Å². The maximum atomic E-state index is 6.87. The summed E-state index contributed by atoms with van der Waals surface area (Å²) in [6.45, 7) is 15.2. The fourth-order valence-electron chi connectivity index (χ4n) is 5.72. The SMILES string of the molecule is COc1ccc(C[C@@H](CO[Si](C)(C)C(C)(C)C)N2CC(I)CC23CCC2(CC3)OCCO2)cc1. The first kappa shape index (κ1) is 26.9. The van der Waals surface area contributed by atoms with E-state index in [0.717, 1.165) is 64.2 Å². The maximum absolute atomic E-state index is 6.87. The van der Waals surface area contributed by atoms with E-state index in [1.54, 1.807) is 7.11 Å². The average molecular weight is 602 g/mol. The van der Waals surface area contributed by atoms with E-state index in [9.17, 15) is 0 Å². The predicted molar refractivity (Wildman–Crippen MR) is 149 cm³/mol. The molecular formula is C27H44INO4Si. The third-order valence-electron chi connectivity index (χ3n) is 8.88. The number of hydrogen-bond donors (Lipinski definition) is 0. The maximum Gasteiger partial charge on any atom is 0.192 e. The molecule has 5 nitrogen and oxygen atoms in total. The summed E-state index contributed by atoms with van der Waals surface area (Å²) in [6.07, 6.45) is 6.55. The standard InChI is InChI=1S/C27H44INO4Si/c1-25(2,3)34(5,6)33-20-23(17-21-7-9-24(30-4)10-8-21)29-19-22(28)18-26(29)11-13-27(14-12-26)31-15-16-32-27/h7-10,22-23H,11-20H2,1-6H3/t22?,23-/m0/s1. The summed E-state index contributed by atoms with van der Waals surface area (Å²) < 4.78 is 25.1. The molecule has 2 aliphatic heterocycles. The number of hydrogen-bond acceptors (Lipinski definition) is 5. The van der Waals surface area contributed by atoms with Crippen LogP contribution in [-0.2, 0) is 20.3 Å². The molecule has 3 aliphatic rings. The molecule has 192 valence electrons. The van der Waals surface area contributed by atoms with Gasteiger partial charge < -0.3 is 18.6 Å². The largest absolute Gasteiger partial charge is 0.497 e. The Morgan fingerprint density at radius 1 is 1.09 bits per heavy atom. The van der Waals surface area contributed by atoms with E-state index in [0.29, 0.717) is 9.97 Å². The Labute approximate surface area is 221 Å². The number of alkyl halides is 1. The van der Waals surface area contributed by atoms with Crippen LogP contribution in [0.3, 0.4) is 0 Å². The Hall–Kier alpha value is -0.193. The van der Waals surface area contributed by atoms with E-state index < -0.39 is 8.32 Å². The van der Waals surface area contributed by atoms with Gasteiger partial charge in [-0.15, -0.1) is 0 Å². The van der Waals surface area contributed by atoms with Crippen LogP contribution in [0, 0.1) is 0 Å². The molecule has 0 aromatic heterocycles. The molecule has 1 saturated carbocycles. The molecule has 2 atom stereocenters. The smallest absolute Gasteiger partial charge is 0.192 e. The van der Waals surface area contributed by atoms with E-state index in [2.05, 4.69) is 85.6 Å². The minimum Gasteiger partial charge on any atom is -0.497 e. The first-order valence-corrected chi connectivity index (χ1v) is 17.1. The normalized spacial score (nSPS) is 25.8. The van der Waals surface area contributed by atoms with Crippen molar-refractivity contribution < 1.29 is 18.6 Å². The van der Waals surface area contributed by atoms with Gasteiger partial charge in [0, 0.05) is 41.5 Å². The summed E-state index contributed by atoms with van der Waals surface area (Å²) in [5.74, 6) is 0.598. The van der Waals surface area contributed by atoms with Gasteiger partial charge in [0.1, 0.15) is 5.75 Å². The highest BCUT2D eigenvalue weighted by Crippen LogP contribution is 2.50. The van der Waals surface area contributed by atoms with Crippen molar-refractivity contribution in [3.63, 3.8) is 0 Å². The van der Waals surface area contributed by atoms with E-state index in [1.807, 2.05) is 0 Å². The lowest BCUT2D eigenvalue weighted by Gasteiger charge is -2.49. The molecule has 4 rings (SSSR count). The van der Waals surface area contributed by atoms with E-state index in [4.69, 9.17) is 18.6 Å². The summed E-state index contributed by atoms with van der Waals surface area (Å²) >= 11 is 2.68. The highest BCUT2D eigenvalue weighted by Gasteiger charge is 2.54. The Balaban J connectivity index is 1.56. The zero-order valence-corrected chi connectivity index (χ0v) is 25.2. The topological polar surface area (TPSA) is 40.2 Å². The Kier molecular flexibility index (Phi) is 8.12. The molecule has 2 heterocycles. The van der Waals surface area contributed by atoms with Crippen molar-refractivity contribution in [3.8, 4) is 5.75 Å². The molecule has 0 bridgehead atoms. The fourth-order valence-corrected chi connectivity index (χ4v) is 8.01. The highest BCUT2D eigenvalue weighted by atomic mass is 127. The first-order chi connectivity index (χ1) is 16.0.